The highest BCUT2D eigenvalue weighted by Gasteiger charge is 2.05. The number of carbonyl (C=O) groups is 2. The number of hydrogen-bond acceptors (Lipinski definition) is 4. The molecule has 1 rings (SSSR count). The van der Waals surface area contributed by atoms with Gasteiger partial charge in [0, 0.05) is 39.1 Å². The van der Waals surface area contributed by atoms with Crippen molar-refractivity contribution in [3.63, 3.8) is 0 Å². The Kier molecular flexibility index (Phi) is 7.05. The van der Waals surface area contributed by atoms with Gasteiger partial charge in [0.1, 0.15) is 0 Å². The lowest BCUT2D eigenvalue weighted by molar-refractivity contribution is 0.0953. The van der Waals surface area contributed by atoms with Crippen LogP contribution in [0.15, 0.2) is 24.5 Å². The van der Waals surface area contributed by atoms with Crippen LogP contribution in [0.5, 0.6) is 0 Å². The highest BCUT2D eigenvalue weighted by Crippen LogP contribution is 1.94. The van der Waals surface area contributed by atoms with E-state index < -0.39 is 0 Å². The van der Waals surface area contributed by atoms with Crippen molar-refractivity contribution in [2.75, 3.05) is 26.7 Å². The summed E-state index contributed by atoms with van der Waals surface area (Å²) < 4.78 is 5.00. The highest BCUT2D eigenvalue weighted by atomic mass is 16.5. The zero-order valence-corrected chi connectivity index (χ0v) is 11.7. The second-order valence-corrected chi connectivity index (χ2v) is 4.18. The fraction of sp³-hybridized carbons (Fsp3) is 0.462. The summed E-state index contributed by atoms with van der Waals surface area (Å²) in [6.07, 6.45) is 3.05. The number of hydrogen-bond donors (Lipinski definition) is 3. The maximum absolute atomic E-state index is 11.6. The molecule has 0 saturated heterocycles. The number of urea groups is 1. The van der Waals surface area contributed by atoms with Crippen LogP contribution in [0, 0.1) is 0 Å². The standard InChI is InChI=1S/C13H20N4O3/c1-10(20-2)8-17-13(19)16-7-6-15-12(18)11-4-3-5-14-9-11/h3-5,9-10H,6-8H2,1-2H3,(H,15,18)(H2,16,17,19). The number of carbonyl (C=O) groups excluding carboxylic acids is 2. The number of pyridine rings is 1. The Morgan fingerprint density at radius 1 is 1.30 bits per heavy atom. The molecular weight excluding hydrogens is 260 g/mol. The third kappa shape index (κ3) is 6.14. The molecule has 3 N–H and O–H groups in total. The van der Waals surface area contributed by atoms with E-state index in [9.17, 15) is 9.59 Å². The molecule has 110 valence electrons. The van der Waals surface area contributed by atoms with Crippen LogP contribution in [-0.4, -0.2) is 49.8 Å². The Hall–Kier alpha value is -2.15. The Labute approximate surface area is 118 Å². The van der Waals surface area contributed by atoms with Gasteiger partial charge in [-0.2, -0.15) is 0 Å². The van der Waals surface area contributed by atoms with E-state index in [1.165, 1.54) is 6.20 Å². The monoisotopic (exact) mass is 280 g/mol. The van der Waals surface area contributed by atoms with E-state index in [-0.39, 0.29) is 18.0 Å². The average molecular weight is 280 g/mol. The van der Waals surface area contributed by atoms with Gasteiger partial charge in [-0.3, -0.25) is 9.78 Å². The van der Waals surface area contributed by atoms with Crippen molar-refractivity contribution in [2.45, 2.75) is 13.0 Å². The molecule has 7 nitrogen and oxygen atoms in total. The molecule has 0 bridgehead atoms. The smallest absolute Gasteiger partial charge is 0.314 e. The first-order chi connectivity index (χ1) is 9.63. The first-order valence-corrected chi connectivity index (χ1v) is 6.36. The topological polar surface area (TPSA) is 92.4 Å². The van der Waals surface area contributed by atoms with Crippen molar-refractivity contribution in [1.82, 2.24) is 20.9 Å². The third-order valence-electron chi connectivity index (χ3n) is 2.57. The second kappa shape index (κ2) is 8.87. The summed E-state index contributed by atoms with van der Waals surface area (Å²) in [4.78, 5) is 26.9. The first kappa shape index (κ1) is 15.9. The summed E-state index contributed by atoms with van der Waals surface area (Å²) in [6, 6.07) is 3.08. The van der Waals surface area contributed by atoms with Gasteiger partial charge in [0.15, 0.2) is 0 Å². The van der Waals surface area contributed by atoms with Gasteiger partial charge >= 0.3 is 6.03 Å². The summed E-state index contributed by atoms with van der Waals surface area (Å²) >= 11 is 0. The number of ether oxygens (including phenoxy) is 1. The SMILES string of the molecule is COC(C)CNC(=O)NCCNC(=O)c1cccnc1. The molecule has 1 aromatic heterocycles. The minimum absolute atomic E-state index is 0.0361. The lowest BCUT2D eigenvalue weighted by Crippen LogP contribution is -2.42. The van der Waals surface area contributed by atoms with E-state index in [4.69, 9.17) is 4.74 Å². The van der Waals surface area contributed by atoms with E-state index in [2.05, 4.69) is 20.9 Å². The normalized spacial score (nSPS) is 11.5. The summed E-state index contributed by atoms with van der Waals surface area (Å²) in [6.45, 7) is 2.99. The number of rotatable bonds is 7. The summed E-state index contributed by atoms with van der Waals surface area (Å²) in [5.74, 6) is -0.215. The quantitative estimate of drug-likeness (QED) is 0.620. The highest BCUT2D eigenvalue weighted by molar-refractivity contribution is 5.93. The lowest BCUT2D eigenvalue weighted by Gasteiger charge is -2.12. The number of methoxy groups -OCH3 is 1. The first-order valence-electron chi connectivity index (χ1n) is 6.36. The van der Waals surface area contributed by atoms with E-state index in [1.54, 1.807) is 25.4 Å². The molecule has 1 aromatic rings. The Balaban J connectivity index is 2.13. The van der Waals surface area contributed by atoms with Crippen molar-refractivity contribution in [3.8, 4) is 0 Å². The molecule has 20 heavy (non-hydrogen) atoms. The number of nitrogens with one attached hydrogen (secondary N) is 3. The fourth-order valence-electron chi connectivity index (χ4n) is 1.33. The van der Waals surface area contributed by atoms with E-state index in [0.717, 1.165) is 0 Å². The van der Waals surface area contributed by atoms with Crippen LogP contribution in [0.25, 0.3) is 0 Å². The Bertz CT molecular complexity index is 425. The van der Waals surface area contributed by atoms with Gasteiger partial charge in [-0.25, -0.2) is 4.79 Å². The third-order valence-corrected chi connectivity index (χ3v) is 2.57. The minimum Gasteiger partial charge on any atom is -0.380 e. The molecule has 0 saturated carbocycles. The van der Waals surface area contributed by atoms with E-state index in [0.29, 0.717) is 25.2 Å². The van der Waals surface area contributed by atoms with Crippen molar-refractivity contribution in [1.29, 1.82) is 0 Å². The summed E-state index contributed by atoms with van der Waals surface area (Å²) in [5.41, 5.74) is 0.492. The molecular formula is C13H20N4O3. The second-order valence-electron chi connectivity index (χ2n) is 4.18. The van der Waals surface area contributed by atoms with Crippen LogP contribution in [-0.2, 0) is 4.74 Å². The van der Waals surface area contributed by atoms with Crippen molar-refractivity contribution in [2.24, 2.45) is 0 Å². The molecule has 0 fully saturated rings. The van der Waals surface area contributed by atoms with Crippen LogP contribution in [0.1, 0.15) is 17.3 Å². The molecule has 0 spiro atoms. The van der Waals surface area contributed by atoms with Crippen LogP contribution in [0.3, 0.4) is 0 Å². The minimum atomic E-state index is -0.287. The maximum Gasteiger partial charge on any atom is 0.314 e. The van der Waals surface area contributed by atoms with Gasteiger partial charge in [-0.15, -0.1) is 0 Å². The van der Waals surface area contributed by atoms with Gasteiger partial charge in [0.2, 0.25) is 0 Å². The van der Waals surface area contributed by atoms with Crippen molar-refractivity contribution in [3.05, 3.63) is 30.1 Å². The molecule has 0 aliphatic heterocycles. The molecule has 1 heterocycles. The van der Waals surface area contributed by atoms with Crippen LogP contribution in [0.4, 0.5) is 4.79 Å². The fourth-order valence-corrected chi connectivity index (χ4v) is 1.33. The molecule has 1 atom stereocenters. The zero-order valence-electron chi connectivity index (χ0n) is 11.7. The van der Waals surface area contributed by atoms with Crippen LogP contribution < -0.4 is 16.0 Å². The molecule has 0 aliphatic carbocycles. The van der Waals surface area contributed by atoms with E-state index in [1.807, 2.05) is 6.92 Å². The maximum atomic E-state index is 11.6. The van der Waals surface area contributed by atoms with Crippen molar-refractivity contribution < 1.29 is 14.3 Å². The van der Waals surface area contributed by atoms with Gasteiger partial charge in [-0.1, -0.05) is 0 Å². The molecule has 0 aliphatic rings. The van der Waals surface area contributed by atoms with Gasteiger partial charge in [0.25, 0.3) is 5.91 Å². The molecule has 3 amide bonds. The van der Waals surface area contributed by atoms with Gasteiger partial charge < -0.3 is 20.7 Å². The van der Waals surface area contributed by atoms with Crippen LogP contribution >= 0.6 is 0 Å². The zero-order chi connectivity index (χ0) is 14.8. The summed E-state index contributed by atoms with van der Waals surface area (Å²) in [7, 11) is 1.58. The predicted molar refractivity (Wildman–Crippen MR) is 74.4 cm³/mol. The Morgan fingerprint density at radius 3 is 2.70 bits per heavy atom. The Morgan fingerprint density at radius 2 is 2.05 bits per heavy atom. The lowest BCUT2D eigenvalue weighted by atomic mass is 10.3. The number of aromatic nitrogens is 1. The molecule has 0 aromatic carbocycles. The molecule has 1 unspecified atom stereocenters. The molecule has 7 heteroatoms. The van der Waals surface area contributed by atoms with E-state index >= 15 is 0 Å². The van der Waals surface area contributed by atoms with Gasteiger partial charge in [0.05, 0.1) is 11.7 Å². The van der Waals surface area contributed by atoms with Crippen molar-refractivity contribution >= 4 is 11.9 Å². The summed E-state index contributed by atoms with van der Waals surface area (Å²) in [5, 5.41) is 7.97. The largest absolute Gasteiger partial charge is 0.380 e. The number of amides is 3. The number of nitrogens with zero attached hydrogens (tertiary/aromatic N) is 1. The molecule has 0 radical (unpaired) electrons. The average Bonchev–Trinajstić information content (AvgIpc) is 2.49. The van der Waals surface area contributed by atoms with Crippen LogP contribution in [0.2, 0.25) is 0 Å². The van der Waals surface area contributed by atoms with Gasteiger partial charge in [-0.05, 0) is 19.1 Å². The predicted octanol–water partition coefficient (Wildman–Crippen LogP) is 0.146.